The number of rotatable bonds is 3. The van der Waals surface area contributed by atoms with Gasteiger partial charge in [0.2, 0.25) is 0 Å². The maximum Gasteiger partial charge on any atom is 0.255 e. The summed E-state index contributed by atoms with van der Waals surface area (Å²) >= 11 is 0. The normalized spacial score (nSPS) is 26.8. The van der Waals surface area contributed by atoms with Crippen LogP contribution in [0.4, 0.5) is 0 Å². The van der Waals surface area contributed by atoms with E-state index in [1.54, 1.807) is 6.20 Å². The van der Waals surface area contributed by atoms with E-state index in [9.17, 15) is 9.90 Å². The number of aliphatic hydroxyl groups is 1. The van der Waals surface area contributed by atoms with Crippen LogP contribution in [-0.2, 0) is 4.74 Å². The van der Waals surface area contributed by atoms with Crippen LogP contribution >= 0.6 is 0 Å². The zero-order valence-electron chi connectivity index (χ0n) is 13.3. The van der Waals surface area contributed by atoms with E-state index in [0.29, 0.717) is 25.3 Å². The molecule has 1 N–H and O–H groups in total. The Hall–Kier alpha value is -1.46. The quantitative estimate of drug-likeness (QED) is 0.924. The summed E-state index contributed by atoms with van der Waals surface area (Å²) in [5.41, 5.74) is 1.40. The average molecular weight is 304 g/mol. The molecule has 1 aromatic rings. The van der Waals surface area contributed by atoms with Crippen molar-refractivity contribution < 1.29 is 14.6 Å². The first-order valence-electron chi connectivity index (χ1n) is 8.08. The summed E-state index contributed by atoms with van der Waals surface area (Å²) in [5, 5.41) is 10.2. The largest absolute Gasteiger partial charge is 0.392 e. The Morgan fingerprint density at radius 3 is 2.73 bits per heavy atom. The first-order chi connectivity index (χ1) is 10.6. The summed E-state index contributed by atoms with van der Waals surface area (Å²) in [6.07, 6.45) is 3.84. The summed E-state index contributed by atoms with van der Waals surface area (Å²) in [4.78, 5) is 18.6. The number of pyridine rings is 1. The van der Waals surface area contributed by atoms with Crippen LogP contribution in [0.15, 0.2) is 18.3 Å². The van der Waals surface area contributed by atoms with Gasteiger partial charge >= 0.3 is 0 Å². The number of hydrogen-bond acceptors (Lipinski definition) is 4. The second kappa shape index (κ2) is 5.97. The van der Waals surface area contributed by atoms with Crippen molar-refractivity contribution in [2.75, 3.05) is 19.7 Å². The molecule has 3 rings (SSSR count). The molecule has 0 aromatic carbocycles. The number of likely N-dealkylation sites (tertiary alicyclic amines) is 1. The number of amides is 1. The van der Waals surface area contributed by atoms with E-state index in [2.05, 4.69) is 4.98 Å². The van der Waals surface area contributed by atoms with E-state index in [1.165, 1.54) is 0 Å². The summed E-state index contributed by atoms with van der Waals surface area (Å²) in [6.45, 7) is 5.92. The second-order valence-corrected chi connectivity index (χ2v) is 6.41. The van der Waals surface area contributed by atoms with Gasteiger partial charge in [-0.3, -0.25) is 9.78 Å². The molecule has 1 saturated carbocycles. The smallest absolute Gasteiger partial charge is 0.255 e. The number of piperidine rings is 1. The van der Waals surface area contributed by atoms with Crippen LogP contribution in [0.25, 0.3) is 0 Å². The molecule has 1 spiro atoms. The highest BCUT2D eigenvalue weighted by atomic mass is 16.5. The maximum absolute atomic E-state index is 12.5. The van der Waals surface area contributed by atoms with Crippen LogP contribution in [0.3, 0.4) is 0 Å². The molecule has 2 aliphatic rings. The van der Waals surface area contributed by atoms with Crippen molar-refractivity contribution in [2.45, 2.75) is 45.3 Å². The number of nitrogens with zero attached hydrogens (tertiary/aromatic N) is 2. The molecule has 1 aliphatic heterocycles. The van der Waals surface area contributed by atoms with E-state index >= 15 is 0 Å². The summed E-state index contributed by atoms with van der Waals surface area (Å²) in [6, 6.07) is 3.69. The van der Waals surface area contributed by atoms with Gasteiger partial charge < -0.3 is 14.7 Å². The lowest BCUT2D eigenvalue weighted by Crippen LogP contribution is -2.62. The fraction of sp³-hybridized carbons (Fsp3) is 0.647. The zero-order chi connectivity index (χ0) is 15.7. The number of aliphatic hydroxyl groups excluding tert-OH is 1. The molecule has 0 bridgehead atoms. The molecular formula is C17H24N2O3. The van der Waals surface area contributed by atoms with E-state index in [1.807, 2.05) is 30.9 Å². The number of ether oxygens (including phenoxy) is 1. The minimum Gasteiger partial charge on any atom is -0.392 e. The van der Waals surface area contributed by atoms with E-state index in [-0.39, 0.29) is 23.5 Å². The standard InChI is InChI=1S/C17H24N2O3/c1-3-22-15-10-14(20)17(15)6-8-19(9-7-17)16(21)13-5-4-12(2)18-11-13/h4-5,11,14-15,20H,3,6-10H2,1-2H3. The predicted molar refractivity (Wildman–Crippen MR) is 82.6 cm³/mol. The van der Waals surface area contributed by atoms with Crippen LogP contribution in [0, 0.1) is 12.3 Å². The van der Waals surface area contributed by atoms with Crippen molar-refractivity contribution >= 4 is 5.91 Å². The van der Waals surface area contributed by atoms with Gasteiger partial charge in [-0.15, -0.1) is 0 Å². The molecule has 2 unspecified atom stereocenters. The molecule has 2 heterocycles. The van der Waals surface area contributed by atoms with Crippen LogP contribution in [0.2, 0.25) is 0 Å². The lowest BCUT2D eigenvalue weighted by atomic mass is 9.58. The van der Waals surface area contributed by atoms with Gasteiger partial charge in [-0.2, -0.15) is 0 Å². The number of hydrogen-bond donors (Lipinski definition) is 1. The highest BCUT2D eigenvalue weighted by Gasteiger charge is 2.56. The first kappa shape index (κ1) is 15.4. The van der Waals surface area contributed by atoms with Gasteiger partial charge in [-0.05, 0) is 38.8 Å². The Morgan fingerprint density at radius 2 is 2.18 bits per heavy atom. The van der Waals surface area contributed by atoms with Crippen molar-refractivity contribution in [3.8, 4) is 0 Å². The van der Waals surface area contributed by atoms with Crippen molar-refractivity contribution in [2.24, 2.45) is 5.41 Å². The van der Waals surface area contributed by atoms with Crippen molar-refractivity contribution in [1.29, 1.82) is 0 Å². The third-order valence-electron chi connectivity index (χ3n) is 5.25. The van der Waals surface area contributed by atoms with Gasteiger partial charge in [0.15, 0.2) is 0 Å². The predicted octanol–water partition coefficient (Wildman–Crippen LogP) is 1.78. The fourth-order valence-corrected chi connectivity index (χ4v) is 3.72. The molecule has 1 aromatic heterocycles. The fourth-order valence-electron chi connectivity index (χ4n) is 3.72. The molecule has 5 heteroatoms. The summed E-state index contributed by atoms with van der Waals surface area (Å²) < 4.78 is 5.76. The molecule has 0 radical (unpaired) electrons. The minimum atomic E-state index is -0.289. The number of aromatic nitrogens is 1. The highest BCUT2D eigenvalue weighted by molar-refractivity contribution is 5.94. The minimum absolute atomic E-state index is 0.0316. The zero-order valence-corrected chi connectivity index (χ0v) is 13.3. The van der Waals surface area contributed by atoms with Crippen LogP contribution in [-0.4, -0.2) is 52.8 Å². The Balaban J connectivity index is 1.64. The first-order valence-corrected chi connectivity index (χ1v) is 8.08. The number of carbonyl (C=O) groups excluding carboxylic acids is 1. The average Bonchev–Trinajstić information content (AvgIpc) is 2.55. The maximum atomic E-state index is 12.5. The van der Waals surface area contributed by atoms with Crippen molar-refractivity contribution in [3.05, 3.63) is 29.6 Å². The van der Waals surface area contributed by atoms with E-state index in [0.717, 1.165) is 25.0 Å². The lowest BCUT2D eigenvalue weighted by Gasteiger charge is -2.56. The topological polar surface area (TPSA) is 62.7 Å². The molecule has 2 fully saturated rings. The summed E-state index contributed by atoms with van der Waals surface area (Å²) in [7, 11) is 0. The molecule has 1 saturated heterocycles. The Morgan fingerprint density at radius 1 is 1.45 bits per heavy atom. The van der Waals surface area contributed by atoms with Crippen LogP contribution < -0.4 is 0 Å². The van der Waals surface area contributed by atoms with Gasteiger partial charge in [0.05, 0.1) is 17.8 Å². The molecule has 1 amide bonds. The third-order valence-corrected chi connectivity index (χ3v) is 5.25. The van der Waals surface area contributed by atoms with Crippen LogP contribution in [0.5, 0.6) is 0 Å². The number of aryl methyl sites for hydroxylation is 1. The van der Waals surface area contributed by atoms with Gasteiger partial charge in [0, 0.05) is 43.4 Å². The van der Waals surface area contributed by atoms with Crippen LogP contribution in [0.1, 0.15) is 42.2 Å². The Labute approximate surface area is 131 Å². The van der Waals surface area contributed by atoms with E-state index in [4.69, 9.17) is 4.74 Å². The second-order valence-electron chi connectivity index (χ2n) is 6.41. The lowest BCUT2D eigenvalue weighted by molar-refractivity contribution is -0.207. The Bertz CT molecular complexity index is 533. The third kappa shape index (κ3) is 2.52. The van der Waals surface area contributed by atoms with Gasteiger partial charge in [-0.1, -0.05) is 0 Å². The SMILES string of the molecule is CCOC1CC(O)C12CCN(C(=O)c1ccc(C)nc1)CC2. The van der Waals surface area contributed by atoms with Gasteiger partial charge in [0.25, 0.3) is 5.91 Å². The monoisotopic (exact) mass is 304 g/mol. The summed E-state index contributed by atoms with van der Waals surface area (Å²) in [5.74, 6) is 0.0316. The van der Waals surface area contributed by atoms with Gasteiger partial charge in [0.1, 0.15) is 0 Å². The molecule has 22 heavy (non-hydrogen) atoms. The Kier molecular flexibility index (Phi) is 4.19. The molecule has 120 valence electrons. The van der Waals surface area contributed by atoms with Crippen molar-refractivity contribution in [3.63, 3.8) is 0 Å². The molecule has 1 aliphatic carbocycles. The van der Waals surface area contributed by atoms with E-state index < -0.39 is 0 Å². The van der Waals surface area contributed by atoms with Crippen molar-refractivity contribution in [1.82, 2.24) is 9.88 Å². The molecular weight excluding hydrogens is 280 g/mol. The molecule has 5 nitrogen and oxygen atoms in total. The number of carbonyl (C=O) groups is 1. The highest BCUT2D eigenvalue weighted by Crippen LogP contribution is 2.51. The molecule has 2 atom stereocenters. The van der Waals surface area contributed by atoms with Gasteiger partial charge in [-0.25, -0.2) is 0 Å².